The second-order valence-electron chi connectivity index (χ2n) is 7.82. The Morgan fingerprint density at radius 3 is 2.39 bits per heavy atom. The quantitative estimate of drug-likeness (QED) is 0.365. The molecule has 1 N–H and O–H groups in total. The van der Waals surface area contributed by atoms with Crippen LogP contribution in [0.25, 0.3) is 32.9 Å². The lowest BCUT2D eigenvalue weighted by Gasteiger charge is -2.10. The molecule has 0 aliphatic carbocycles. The molecule has 5 nitrogen and oxygen atoms in total. The van der Waals surface area contributed by atoms with Crippen LogP contribution in [-0.4, -0.2) is 22.2 Å². The minimum absolute atomic E-state index is 0.378. The fraction of sp³-hybridized carbons (Fsp3) is 0.0714. The number of nitriles is 1. The Bertz CT molecular complexity index is 1530. The van der Waals surface area contributed by atoms with Gasteiger partial charge in [-0.3, -0.25) is 0 Å². The molecule has 1 aromatic heterocycles. The van der Waals surface area contributed by atoms with Crippen LogP contribution in [0.5, 0.6) is 5.75 Å². The Morgan fingerprint density at radius 2 is 1.61 bits per heavy atom. The third-order valence-corrected chi connectivity index (χ3v) is 5.76. The molecule has 5 heteroatoms. The number of hydrogen-bond acceptors (Lipinski definition) is 3. The zero-order valence-electron chi connectivity index (χ0n) is 17.7. The summed E-state index contributed by atoms with van der Waals surface area (Å²) >= 11 is 0. The molecule has 0 spiro atoms. The standard InChI is InChI=1S/C28H20N2O3/c29-16-21-5-1-2-6-23(21)20-11-9-19(10-12-20)17-30-26-8-4-3-7-24(26)25-14-13-22(15-27(25)30)33-18-28(31)32/h1-15H,17-18H2,(H,31,32). The van der Waals surface area contributed by atoms with Crippen LogP contribution >= 0.6 is 0 Å². The fourth-order valence-electron chi connectivity index (χ4n) is 4.24. The Kier molecular flexibility index (Phi) is 5.26. The lowest BCUT2D eigenvalue weighted by atomic mass is 9.99. The van der Waals surface area contributed by atoms with Crippen LogP contribution in [0.15, 0.2) is 91.0 Å². The summed E-state index contributed by atoms with van der Waals surface area (Å²) in [7, 11) is 0. The van der Waals surface area contributed by atoms with E-state index in [0.29, 0.717) is 17.9 Å². The number of para-hydroxylation sites is 1. The van der Waals surface area contributed by atoms with Crippen molar-refractivity contribution in [3.05, 3.63) is 102 Å². The van der Waals surface area contributed by atoms with Crippen molar-refractivity contribution >= 4 is 27.8 Å². The predicted octanol–water partition coefficient (Wildman–Crippen LogP) is 5.84. The van der Waals surface area contributed by atoms with Gasteiger partial charge in [-0.25, -0.2) is 4.79 Å². The van der Waals surface area contributed by atoms with E-state index in [1.54, 1.807) is 0 Å². The van der Waals surface area contributed by atoms with Crippen LogP contribution in [0.3, 0.4) is 0 Å². The molecule has 0 bridgehead atoms. The van der Waals surface area contributed by atoms with Gasteiger partial charge in [-0.2, -0.15) is 5.26 Å². The number of carboxylic acid groups (broad SMARTS) is 1. The number of fused-ring (bicyclic) bond motifs is 3. The molecule has 0 fully saturated rings. The lowest BCUT2D eigenvalue weighted by Crippen LogP contribution is -2.09. The molecule has 0 unspecified atom stereocenters. The van der Waals surface area contributed by atoms with Crippen molar-refractivity contribution in [2.24, 2.45) is 0 Å². The number of rotatable bonds is 6. The minimum Gasteiger partial charge on any atom is -0.482 e. The fourth-order valence-corrected chi connectivity index (χ4v) is 4.24. The van der Waals surface area contributed by atoms with Crippen LogP contribution in [0.4, 0.5) is 0 Å². The van der Waals surface area contributed by atoms with Gasteiger partial charge in [0.2, 0.25) is 0 Å². The molecule has 0 radical (unpaired) electrons. The highest BCUT2D eigenvalue weighted by molar-refractivity contribution is 6.08. The molecular weight excluding hydrogens is 412 g/mol. The summed E-state index contributed by atoms with van der Waals surface area (Å²) in [6.45, 7) is 0.268. The summed E-state index contributed by atoms with van der Waals surface area (Å²) in [6.07, 6.45) is 0. The zero-order chi connectivity index (χ0) is 22.8. The van der Waals surface area contributed by atoms with Crippen molar-refractivity contribution in [1.29, 1.82) is 5.26 Å². The molecular formula is C28H20N2O3. The highest BCUT2D eigenvalue weighted by atomic mass is 16.5. The molecule has 0 aliphatic heterocycles. The van der Waals surface area contributed by atoms with Crippen molar-refractivity contribution in [3.63, 3.8) is 0 Å². The van der Waals surface area contributed by atoms with Gasteiger partial charge in [0.25, 0.3) is 0 Å². The largest absolute Gasteiger partial charge is 0.482 e. The Hall–Kier alpha value is -4.56. The van der Waals surface area contributed by atoms with E-state index in [1.807, 2.05) is 66.7 Å². The summed E-state index contributed by atoms with van der Waals surface area (Å²) in [6, 6.07) is 32.0. The molecule has 160 valence electrons. The van der Waals surface area contributed by atoms with Gasteiger partial charge in [0.05, 0.1) is 17.1 Å². The summed E-state index contributed by atoms with van der Waals surface area (Å²) < 4.78 is 7.64. The number of hydrogen-bond donors (Lipinski definition) is 1. The number of benzene rings is 4. The van der Waals surface area contributed by atoms with E-state index in [9.17, 15) is 10.1 Å². The second kappa shape index (κ2) is 8.52. The van der Waals surface area contributed by atoms with Crippen LogP contribution in [0, 0.1) is 11.3 Å². The summed E-state index contributed by atoms with van der Waals surface area (Å²) in [5.41, 5.74) is 5.78. The first-order valence-electron chi connectivity index (χ1n) is 10.6. The van der Waals surface area contributed by atoms with Gasteiger partial charge in [-0.05, 0) is 41.0 Å². The molecule has 0 saturated heterocycles. The van der Waals surface area contributed by atoms with E-state index in [2.05, 4.69) is 34.9 Å². The number of aliphatic carboxylic acids is 1. The summed E-state index contributed by atoms with van der Waals surface area (Å²) in [5, 5.41) is 20.6. The number of aromatic nitrogens is 1. The van der Waals surface area contributed by atoms with E-state index in [-0.39, 0.29) is 6.61 Å². The highest BCUT2D eigenvalue weighted by Crippen LogP contribution is 2.32. The first kappa shape index (κ1) is 20.3. The molecule has 33 heavy (non-hydrogen) atoms. The molecule has 5 aromatic rings. The SMILES string of the molecule is N#Cc1ccccc1-c1ccc(Cn2c3ccccc3c3ccc(OCC(=O)O)cc32)cc1. The highest BCUT2D eigenvalue weighted by Gasteiger charge is 2.13. The van der Waals surface area contributed by atoms with E-state index >= 15 is 0 Å². The van der Waals surface area contributed by atoms with Gasteiger partial charge in [-0.1, -0.05) is 60.7 Å². The van der Waals surface area contributed by atoms with Crippen LogP contribution < -0.4 is 4.74 Å². The topological polar surface area (TPSA) is 75.2 Å². The van der Waals surface area contributed by atoms with Gasteiger partial charge in [0.1, 0.15) is 5.75 Å². The van der Waals surface area contributed by atoms with Gasteiger partial charge in [0.15, 0.2) is 6.61 Å². The molecule has 5 rings (SSSR count). The number of ether oxygens (including phenoxy) is 1. The van der Waals surface area contributed by atoms with E-state index in [4.69, 9.17) is 9.84 Å². The van der Waals surface area contributed by atoms with Crippen molar-refractivity contribution < 1.29 is 14.6 Å². The van der Waals surface area contributed by atoms with Crippen molar-refractivity contribution in [1.82, 2.24) is 4.57 Å². The lowest BCUT2D eigenvalue weighted by molar-refractivity contribution is -0.139. The smallest absolute Gasteiger partial charge is 0.341 e. The zero-order valence-corrected chi connectivity index (χ0v) is 17.7. The predicted molar refractivity (Wildman–Crippen MR) is 128 cm³/mol. The Balaban J connectivity index is 1.54. The van der Waals surface area contributed by atoms with Gasteiger partial charge >= 0.3 is 5.97 Å². The maximum Gasteiger partial charge on any atom is 0.341 e. The first-order valence-corrected chi connectivity index (χ1v) is 10.6. The first-order chi connectivity index (χ1) is 16.1. The molecule has 4 aromatic carbocycles. The minimum atomic E-state index is -1.01. The van der Waals surface area contributed by atoms with Crippen molar-refractivity contribution in [3.8, 4) is 22.9 Å². The molecule has 0 amide bonds. The van der Waals surface area contributed by atoms with Gasteiger partial charge < -0.3 is 14.4 Å². The van der Waals surface area contributed by atoms with Crippen molar-refractivity contribution in [2.45, 2.75) is 6.54 Å². The van der Waals surface area contributed by atoms with E-state index < -0.39 is 5.97 Å². The summed E-state index contributed by atoms with van der Waals surface area (Å²) in [4.78, 5) is 10.9. The van der Waals surface area contributed by atoms with Crippen LogP contribution in [0.2, 0.25) is 0 Å². The number of nitrogens with zero attached hydrogens (tertiary/aromatic N) is 2. The number of carbonyl (C=O) groups is 1. The van der Waals surface area contributed by atoms with E-state index in [0.717, 1.165) is 38.5 Å². The average Bonchev–Trinajstić information content (AvgIpc) is 3.16. The number of carboxylic acids is 1. The molecule has 1 heterocycles. The van der Waals surface area contributed by atoms with Crippen molar-refractivity contribution in [2.75, 3.05) is 6.61 Å². The molecule has 0 aliphatic rings. The third kappa shape index (κ3) is 3.90. The molecule has 0 saturated carbocycles. The van der Waals surface area contributed by atoms with Crippen LogP contribution in [0.1, 0.15) is 11.1 Å². The second-order valence-corrected chi connectivity index (χ2v) is 7.82. The maximum absolute atomic E-state index is 10.9. The van der Waals surface area contributed by atoms with Gasteiger partial charge in [0, 0.05) is 28.9 Å². The third-order valence-electron chi connectivity index (χ3n) is 5.76. The Labute approximate surface area is 190 Å². The Morgan fingerprint density at radius 1 is 0.879 bits per heavy atom. The monoisotopic (exact) mass is 432 g/mol. The van der Waals surface area contributed by atoms with Crippen LogP contribution in [-0.2, 0) is 11.3 Å². The summed E-state index contributed by atoms with van der Waals surface area (Å²) in [5.74, 6) is -0.480. The normalized spacial score (nSPS) is 10.9. The van der Waals surface area contributed by atoms with E-state index in [1.165, 1.54) is 0 Å². The average molecular weight is 432 g/mol. The molecule has 0 atom stereocenters. The maximum atomic E-state index is 10.9. The van der Waals surface area contributed by atoms with Gasteiger partial charge in [-0.15, -0.1) is 0 Å².